The lowest BCUT2D eigenvalue weighted by Gasteiger charge is -2.07. The molecule has 106 valence electrons. The fraction of sp³-hybridized carbons (Fsp3) is 0.167. The molecule has 0 unspecified atom stereocenters. The van der Waals surface area contributed by atoms with E-state index in [1.807, 2.05) is 0 Å². The van der Waals surface area contributed by atoms with Gasteiger partial charge in [0.15, 0.2) is 5.75 Å². The molecule has 5 nitrogen and oxygen atoms in total. The van der Waals surface area contributed by atoms with Crippen LogP contribution in [0.4, 0.5) is 13.2 Å². The van der Waals surface area contributed by atoms with Crippen molar-refractivity contribution in [1.29, 1.82) is 0 Å². The van der Waals surface area contributed by atoms with Crippen LogP contribution in [0.25, 0.3) is 0 Å². The molecule has 2 rings (SSSR count). The number of rotatable bonds is 4. The van der Waals surface area contributed by atoms with Gasteiger partial charge in [0.05, 0.1) is 18.0 Å². The molecule has 0 saturated heterocycles. The van der Waals surface area contributed by atoms with E-state index < -0.39 is 17.7 Å². The van der Waals surface area contributed by atoms with Crippen molar-refractivity contribution in [2.45, 2.75) is 12.7 Å². The van der Waals surface area contributed by atoms with Gasteiger partial charge in [-0.3, -0.25) is 9.48 Å². The van der Waals surface area contributed by atoms with Crippen LogP contribution in [0.1, 0.15) is 5.56 Å². The first-order valence-electron chi connectivity index (χ1n) is 5.44. The maximum Gasteiger partial charge on any atom is 0.416 e. The largest absolute Gasteiger partial charge is 0.480 e. The van der Waals surface area contributed by atoms with Crippen molar-refractivity contribution in [2.75, 3.05) is 0 Å². The van der Waals surface area contributed by atoms with Crippen LogP contribution < -0.4 is 4.74 Å². The Morgan fingerprint density at radius 2 is 1.90 bits per heavy atom. The van der Waals surface area contributed by atoms with Crippen LogP contribution >= 0.6 is 0 Å². The van der Waals surface area contributed by atoms with Crippen LogP contribution in [0.3, 0.4) is 0 Å². The minimum absolute atomic E-state index is 0.202. The lowest BCUT2D eigenvalue weighted by atomic mass is 10.2. The highest BCUT2D eigenvalue weighted by atomic mass is 19.4. The highest BCUT2D eigenvalue weighted by molar-refractivity contribution is 5.66. The summed E-state index contributed by atoms with van der Waals surface area (Å²) in [4.78, 5) is 10.5. The highest BCUT2D eigenvalue weighted by Crippen LogP contribution is 2.31. The number of carbonyl (C=O) groups is 1. The molecule has 0 radical (unpaired) electrons. The van der Waals surface area contributed by atoms with Crippen LogP contribution in [0.5, 0.6) is 11.5 Å². The van der Waals surface area contributed by atoms with E-state index >= 15 is 0 Å². The summed E-state index contributed by atoms with van der Waals surface area (Å²) in [5, 5.41) is 12.3. The molecule has 0 fully saturated rings. The Balaban J connectivity index is 2.06. The zero-order chi connectivity index (χ0) is 14.8. The van der Waals surface area contributed by atoms with Gasteiger partial charge >= 0.3 is 12.1 Å². The SMILES string of the molecule is O=C(O)Cn1cc(Oc2ccc(C(F)(F)F)cc2)cn1. The lowest BCUT2D eigenvalue weighted by molar-refractivity contribution is -0.138. The van der Waals surface area contributed by atoms with Gasteiger partial charge in [0, 0.05) is 0 Å². The number of ether oxygens (including phenoxy) is 1. The minimum atomic E-state index is -4.40. The van der Waals surface area contributed by atoms with E-state index in [9.17, 15) is 18.0 Å². The average Bonchev–Trinajstić information content (AvgIpc) is 2.75. The molecule has 2 aromatic rings. The summed E-state index contributed by atoms with van der Waals surface area (Å²) >= 11 is 0. The topological polar surface area (TPSA) is 64.3 Å². The summed E-state index contributed by atoms with van der Waals surface area (Å²) in [6.07, 6.45) is -1.78. The molecule has 1 aromatic heterocycles. The Morgan fingerprint density at radius 3 is 2.45 bits per heavy atom. The van der Waals surface area contributed by atoms with Crippen LogP contribution in [0, 0.1) is 0 Å². The van der Waals surface area contributed by atoms with Gasteiger partial charge in [-0.1, -0.05) is 0 Å². The summed E-state index contributed by atoms with van der Waals surface area (Å²) in [6, 6.07) is 4.16. The van der Waals surface area contributed by atoms with Gasteiger partial charge in [-0.2, -0.15) is 18.3 Å². The van der Waals surface area contributed by atoms with Crippen LogP contribution in [0.2, 0.25) is 0 Å². The van der Waals surface area contributed by atoms with Crippen molar-refractivity contribution in [3.63, 3.8) is 0 Å². The second-order valence-electron chi connectivity index (χ2n) is 3.89. The number of halogens is 3. The molecule has 0 spiro atoms. The van der Waals surface area contributed by atoms with Crippen molar-refractivity contribution >= 4 is 5.97 Å². The van der Waals surface area contributed by atoms with Crippen molar-refractivity contribution in [3.8, 4) is 11.5 Å². The van der Waals surface area contributed by atoms with Gasteiger partial charge < -0.3 is 9.84 Å². The normalized spacial score (nSPS) is 11.3. The second-order valence-corrected chi connectivity index (χ2v) is 3.89. The standard InChI is InChI=1S/C12H9F3N2O3/c13-12(14,15)8-1-3-9(4-2-8)20-10-5-16-17(6-10)7-11(18)19/h1-6H,7H2,(H,18,19). The van der Waals surface area contributed by atoms with Crippen LogP contribution in [0.15, 0.2) is 36.7 Å². The molecule has 20 heavy (non-hydrogen) atoms. The van der Waals surface area contributed by atoms with E-state index in [0.29, 0.717) is 0 Å². The summed E-state index contributed by atoms with van der Waals surface area (Å²) in [6.45, 7) is -0.323. The Kier molecular flexibility index (Phi) is 3.64. The molecule has 0 aliphatic heterocycles. The zero-order valence-corrected chi connectivity index (χ0v) is 9.96. The van der Waals surface area contributed by atoms with Crippen molar-refractivity contribution < 1.29 is 27.8 Å². The van der Waals surface area contributed by atoms with Crippen molar-refractivity contribution in [1.82, 2.24) is 9.78 Å². The predicted molar refractivity (Wildman–Crippen MR) is 61.4 cm³/mol. The molecule has 0 bridgehead atoms. The van der Waals surface area contributed by atoms with E-state index in [1.54, 1.807) is 0 Å². The number of hydrogen-bond acceptors (Lipinski definition) is 3. The van der Waals surface area contributed by atoms with Crippen LogP contribution in [-0.4, -0.2) is 20.9 Å². The number of benzene rings is 1. The summed E-state index contributed by atoms with van der Waals surface area (Å²) in [5.41, 5.74) is -0.772. The molecule has 0 amide bonds. The Hall–Kier alpha value is -2.51. The third-order valence-electron chi connectivity index (χ3n) is 2.32. The molecule has 0 aliphatic carbocycles. The molecule has 1 heterocycles. The van der Waals surface area contributed by atoms with Crippen LogP contribution in [-0.2, 0) is 17.5 Å². The van der Waals surface area contributed by atoms with Gasteiger partial charge in [-0.25, -0.2) is 0 Å². The van der Waals surface area contributed by atoms with Gasteiger partial charge in [0.1, 0.15) is 12.3 Å². The Bertz CT molecular complexity index is 605. The van der Waals surface area contributed by atoms with Gasteiger partial charge in [-0.15, -0.1) is 0 Å². The molecule has 8 heteroatoms. The Morgan fingerprint density at radius 1 is 1.25 bits per heavy atom. The maximum absolute atomic E-state index is 12.4. The van der Waals surface area contributed by atoms with Gasteiger partial charge in [0.2, 0.25) is 0 Å². The first-order valence-corrected chi connectivity index (χ1v) is 5.44. The number of nitrogens with zero attached hydrogens (tertiary/aromatic N) is 2. The third-order valence-corrected chi connectivity index (χ3v) is 2.32. The number of aromatic nitrogens is 2. The first-order chi connectivity index (χ1) is 9.34. The molecule has 0 atom stereocenters. The summed E-state index contributed by atoms with van der Waals surface area (Å²) in [7, 11) is 0. The molecule has 1 N–H and O–H groups in total. The highest BCUT2D eigenvalue weighted by Gasteiger charge is 2.30. The number of hydrogen-bond donors (Lipinski definition) is 1. The number of carboxylic acid groups (broad SMARTS) is 1. The molecular formula is C12H9F3N2O3. The van der Waals surface area contributed by atoms with E-state index in [0.717, 1.165) is 16.8 Å². The molecule has 0 aliphatic rings. The number of alkyl halides is 3. The average molecular weight is 286 g/mol. The molecular weight excluding hydrogens is 277 g/mol. The summed E-state index contributed by atoms with van der Waals surface area (Å²) < 4.78 is 43.5. The third kappa shape index (κ3) is 3.50. The second kappa shape index (κ2) is 5.24. The monoisotopic (exact) mass is 286 g/mol. The Labute approximate surface area is 111 Å². The minimum Gasteiger partial charge on any atom is -0.480 e. The van der Waals surface area contributed by atoms with E-state index in [-0.39, 0.29) is 18.0 Å². The molecule has 0 saturated carbocycles. The fourth-order valence-electron chi connectivity index (χ4n) is 1.47. The van der Waals surface area contributed by atoms with E-state index in [4.69, 9.17) is 9.84 Å². The quantitative estimate of drug-likeness (QED) is 0.938. The van der Waals surface area contributed by atoms with Gasteiger partial charge in [0.25, 0.3) is 0 Å². The first kappa shape index (κ1) is 13.9. The number of carboxylic acids is 1. The maximum atomic E-state index is 12.4. The fourth-order valence-corrected chi connectivity index (χ4v) is 1.47. The molecule has 1 aromatic carbocycles. The lowest BCUT2D eigenvalue weighted by Crippen LogP contribution is -2.08. The van der Waals surface area contributed by atoms with E-state index in [1.165, 1.54) is 24.5 Å². The zero-order valence-electron chi connectivity index (χ0n) is 9.96. The van der Waals surface area contributed by atoms with E-state index in [2.05, 4.69) is 5.10 Å². The summed E-state index contributed by atoms with van der Waals surface area (Å²) in [5.74, 6) is -0.618. The van der Waals surface area contributed by atoms with Gasteiger partial charge in [-0.05, 0) is 24.3 Å². The van der Waals surface area contributed by atoms with Crippen molar-refractivity contribution in [3.05, 3.63) is 42.2 Å². The number of aliphatic carboxylic acids is 1. The van der Waals surface area contributed by atoms with Crippen molar-refractivity contribution in [2.24, 2.45) is 0 Å². The predicted octanol–water partition coefficient (Wildman–Crippen LogP) is 2.78. The smallest absolute Gasteiger partial charge is 0.416 e.